The van der Waals surface area contributed by atoms with E-state index in [0.717, 1.165) is 23.1 Å². The Hall–Kier alpha value is -0.180. The second kappa shape index (κ2) is 7.99. The highest BCUT2D eigenvalue weighted by Crippen LogP contribution is 2.21. The topological polar surface area (TPSA) is 12.0 Å². The van der Waals surface area contributed by atoms with Gasteiger partial charge in [0.25, 0.3) is 0 Å². The molecule has 0 saturated heterocycles. The summed E-state index contributed by atoms with van der Waals surface area (Å²) in [4.78, 5) is 0. The Morgan fingerprint density at radius 1 is 1.31 bits per heavy atom. The molecule has 1 atom stereocenters. The van der Waals surface area contributed by atoms with Gasteiger partial charge in [0, 0.05) is 22.6 Å². The smallest absolute Gasteiger partial charge is 0.0446 e. The van der Waals surface area contributed by atoms with Crippen molar-refractivity contribution >= 4 is 23.4 Å². The maximum atomic E-state index is 6.11. The SMILES string of the molecule is CCNC(CC)CSCc1ccccc1Cl. The monoisotopic (exact) mass is 257 g/mol. The highest BCUT2D eigenvalue weighted by molar-refractivity contribution is 7.98. The van der Waals surface area contributed by atoms with Gasteiger partial charge in [0.15, 0.2) is 0 Å². The van der Waals surface area contributed by atoms with E-state index in [1.165, 1.54) is 12.0 Å². The zero-order chi connectivity index (χ0) is 11.8. The molecule has 1 unspecified atom stereocenters. The first-order valence-corrected chi connectivity index (χ1v) is 7.35. The lowest BCUT2D eigenvalue weighted by atomic mass is 10.2. The van der Waals surface area contributed by atoms with E-state index in [9.17, 15) is 0 Å². The molecular weight excluding hydrogens is 238 g/mol. The van der Waals surface area contributed by atoms with Crippen LogP contribution < -0.4 is 5.32 Å². The number of halogens is 1. The van der Waals surface area contributed by atoms with E-state index in [1.54, 1.807) is 0 Å². The van der Waals surface area contributed by atoms with Crippen molar-refractivity contribution in [2.24, 2.45) is 0 Å². The predicted octanol–water partition coefficient (Wildman–Crippen LogP) is 3.96. The summed E-state index contributed by atoms with van der Waals surface area (Å²) < 4.78 is 0. The molecule has 0 aliphatic rings. The fraction of sp³-hybridized carbons (Fsp3) is 0.538. The zero-order valence-corrected chi connectivity index (χ0v) is 11.6. The van der Waals surface area contributed by atoms with Gasteiger partial charge in [-0.2, -0.15) is 11.8 Å². The molecule has 1 nitrogen and oxygen atoms in total. The van der Waals surface area contributed by atoms with Crippen LogP contribution in [-0.4, -0.2) is 18.3 Å². The number of hydrogen-bond donors (Lipinski definition) is 1. The van der Waals surface area contributed by atoms with Crippen LogP contribution >= 0.6 is 23.4 Å². The molecule has 0 saturated carbocycles. The van der Waals surface area contributed by atoms with Crippen molar-refractivity contribution in [2.75, 3.05) is 12.3 Å². The first-order valence-electron chi connectivity index (χ1n) is 5.82. The van der Waals surface area contributed by atoms with Crippen LogP contribution in [0.4, 0.5) is 0 Å². The summed E-state index contributed by atoms with van der Waals surface area (Å²) in [6.45, 7) is 5.43. The molecule has 16 heavy (non-hydrogen) atoms. The molecule has 1 rings (SSSR count). The Labute approximate surface area is 108 Å². The molecule has 0 aliphatic heterocycles. The Morgan fingerprint density at radius 2 is 2.06 bits per heavy atom. The molecule has 0 aliphatic carbocycles. The average molecular weight is 258 g/mol. The van der Waals surface area contributed by atoms with Gasteiger partial charge in [-0.25, -0.2) is 0 Å². The minimum atomic E-state index is 0.623. The molecule has 3 heteroatoms. The Bertz CT molecular complexity index is 304. The quantitative estimate of drug-likeness (QED) is 0.794. The first-order chi connectivity index (χ1) is 7.77. The summed E-state index contributed by atoms with van der Waals surface area (Å²) >= 11 is 8.05. The van der Waals surface area contributed by atoms with Crippen molar-refractivity contribution in [3.63, 3.8) is 0 Å². The van der Waals surface area contributed by atoms with E-state index in [1.807, 2.05) is 30.0 Å². The van der Waals surface area contributed by atoms with E-state index in [4.69, 9.17) is 11.6 Å². The maximum Gasteiger partial charge on any atom is 0.0446 e. The third-order valence-electron chi connectivity index (χ3n) is 2.52. The Kier molecular flexibility index (Phi) is 6.93. The van der Waals surface area contributed by atoms with Crippen molar-refractivity contribution in [1.29, 1.82) is 0 Å². The van der Waals surface area contributed by atoms with E-state index >= 15 is 0 Å². The third kappa shape index (κ3) is 4.77. The van der Waals surface area contributed by atoms with Gasteiger partial charge in [0.05, 0.1) is 0 Å². The van der Waals surface area contributed by atoms with Crippen molar-refractivity contribution < 1.29 is 0 Å². The highest BCUT2D eigenvalue weighted by Gasteiger charge is 2.05. The predicted molar refractivity (Wildman–Crippen MR) is 75.4 cm³/mol. The van der Waals surface area contributed by atoms with Crippen LogP contribution in [0.5, 0.6) is 0 Å². The van der Waals surface area contributed by atoms with Crippen LogP contribution in [0.3, 0.4) is 0 Å². The van der Waals surface area contributed by atoms with Gasteiger partial charge < -0.3 is 5.32 Å². The second-order valence-corrected chi connectivity index (χ2v) is 5.21. The van der Waals surface area contributed by atoms with Crippen LogP contribution in [0, 0.1) is 0 Å². The highest BCUT2D eigenvalue weighted by atomic mass is 35.5. The molecule has 0 fully saturated rings. The van der Waals surface area contributed by atoms with Crippen molar-refractivity contribution in [3.8, 4) is 0 Å². The largest absolute Gasteiger partial charge is 0.313 e. The second-order valence-electron chi connectivity index (χ2n) is 3.77. The number of nitrogens with one attached hydrogen (secondary N) is 1. The summed E-state index contributed by atoms with van der Waals surface area (Å²) in [5.74, 6) is 2.15. The molecule has 0 heterocycles. The number of thioether (sulfide) groups is 1. The number of hydrogen-bond acceptors (Lipinski definition) is 2. The van der Waals surface area contributed by atoms with Crippen LogP contribution in [0.15, 0.2) is 24.3 Å². The number of benzene rings is 1. The normalized spacial score (nSPS) is 12.7. The molecule has 0 amide bonds. The van der Waals surface area contributed by atoms with Gasteiger partial charge in [-0.3, -0.25) is 0 Å². The summed E-state index contributed by atoms with van der Waals surface area (Å²) in [7, 11) is 0. The van der Waals surface area contributed by atoms with Crippen LogP contribution in [0.25, 0.3) is 0 Å². The van der Waals surface area contributed by atoms with Crippen molar-refractivity contribution in [2.45, 2.75) is 32.1 Å². The molecule has 1 aromatic rings. The number of rotatable bonds is 7. The molecule has 0 aromatic heterocycles. The zero-order valence-electron chi connectivity index (χ0n) is 10.0. The first kappa shape index (κ1) is 13.9. The van der Waals surface area contributed by atoms with Crippen LogP contribution in [0.1, 0.15) is 25.8 Å². The fourth-order valence-electron chi connectivity index (χ4n) is 1.54. The van der Waals surface area contributed by atoms with Gasteiger partial charge in [0.2, 0.25) is 0 Å². The van der Waals surface area contributed by atoms with E-state index in [-0.39, 0.29) is 0 Å². The van der Waals surface area contributed by atoms with Gasteiger partial charge in [0.1, 0.15) is 0 Å². The lowest BCUT2D eigenvalue weighted by Crippen LogP contribution is -2.30. The molecule has 90 valence electrons. The molecule has 0 bridgehead atoms. The van der Waals surface area contributed by atoms with Gasteiger partial charge >= 0.3 is 0 Å². The van der Waals surface area contributed by atoms with Crippen LogP contribution in [0.2, 0.25) is 5.02 Å². The maximum absolute atomic E-state index is 6.11. The molecular formula is C13H20ClNS. The average Bonchev–Trinajstić information content (AvgIpc) is 2.30. The van der Waals surface area contributed by atoms with Gasteiger partial charge in [-0.1, -0.05) is 43.6 Å². The Morgan fingerprint density at radius 3 is 2.69 bits per heavy atom. The van der Waals surface area contributed by atoms with Crippen molar-refractivity contribution in [1.82, 2.24) is 5.32 Å². The van der Waals surface area contributed by atoms with Crippen molar-refractivity contribution in [3.05, 3.63) is 34.9 Å². The summed E-state index contributed by atoms with van der Waals surface area (Å²) in [5, 5.41) is 4.36. The molecule has 0 spiro atoms. The molecule has 0 radical (unpaired) electrons. The molecule has 1 N–H and O–H groups in total. The standard InChI is InChI=1S/C13H20ClNS/c1-3-12(15-4-2)10-16-9-11-7-5-6-8-13(11)14/h5-8,12,15H,3-4,9-10H2,1-2H3. The lowest BCUT2D eigenvalue weighted by Gasteiger charge is -2.15. The molecule has 1 aromatic carbocycles. The summed E-state index contributed by atoms with van der Waals surface area (Å²) in [6.07, 6.45) is 1.18. The fourth-order valence-corrected chi connectivity index (χ4v) is 3.05. The van der Waals surface area contributed by atoms with E-state index in [0.29, 0.717) is 6.04 Å². The lowest BCUT2D eigenvalue weighted by molar-refractivity contribution is 0.560. The third-order valence-corrected chi connectivity index (χ3v) is 4.04. The van der Waals surface area contributed by atoms with Gasteiger partial charge in [-0.15, -0.1) is 0 Å². The summed E-state index contributed by atoms with van der Waals surface area (Å²) in [6, 6.07) is 8.70. The van der Waals surface area contributed by atoms with E-state index in [2.05, 4.69) is 25.2 Å². The van der Waals surface area contributed by atoms with E-state index < -0.39 is 0 Å². The minimum absolute atomic E-state index is 0.623. The van der Waals surface area contributed by atoms with Crippen LogP contribution in [-0.2, 0) is 5.75 Å². The minimum Gasteiger partial charge on any atom is -0.313 e. The summed E-state index contributed by atoms with van der Waals surface area (Å²) in [5.41, 5.74) is 1.24. The Balaban J connectivity index is 2.32. The van der Waals surface area contributed by atoms with Gasteiger partial charge in [-0.05, 0) is 24.6 Å².